The molecule has 1 atom stereocenters. The molecule has 0 amide bonds. The predicted octanol–water partition coefficient (Wildman–Crippen LogP) is 3.77. The van der Waals surface area contributed by atoms with Gasteiger partial charge in [0, 0.05) is 37.3 Å². The average Bonchev–Trinajstić information content (AvgIpc) is 3.20. The summed E-state index contributed by atoms with van der Waals surface area (Å²) in [5.74, 6) is 2.53. The molecule has 2 aromatic rings. The van der Waals surface area contributed by atoms with Crippen molar-refractivity contribution < 1.29 is 8.42 Å². The Morgan fingerprint density at radius 2 is 1.79 bits per heavy atom. The molecular weight excluding hydrogens is 517 g/mol. The van der Waals surface area contributed by atoms with E-state index in [-0.39, 0.29) is 29.7 Å². The Bertz CT molecular complexity index is 877. The maximum Gasteiger partial charge on any atom is 0.193 e. The number of nitrogens with zero attached hydrogens (tertiary/aromatic N) is 2. The monoisotopic (exact) mass is 545 g/mol. The summed E-state index contributed by atoms with van der Waals surface area (Å²) >= 11 is 1.89. The fraction of sp³-hybridized carbons (Fsp3) is 0.381. The first-order valence-electron chi connectivity index (χ1n) is 9.50. The van der Waals surface area contributed by atoms with Gasteiger partial charge in [0.2, 0.25) is 0 Å². The second-order valence-electron chi connectivity index (χ2n) is 6.83. The smallest absolute Gasteiger partial charge is 0.193 e. The molecule has 1 fully saturated rings. The summed E-state index contributed by atoms with van der Waals surface area (Å²) in [5.41, 5.74) is 0. The second-order valence-corrected chi connectivity index (χ2v) is 10.0. The minimum Gasteiger partial charge on any atom is -0.355 e. The van der Waals surface area contributed by atoms with Crippen molar-refractivity contribution in [2.45, 2.75) is 16.2 Å². The average molecular weight is 546 g/mol. The Morgan fingerprint density at radius 1 is 1.14 bits per heavy atom. The van der Waals surface area contributed by atoms with E-state index in [4.69, 9.17) is 0 Å². The van der Waals surface area contributed by atoms with Gasteiger partial charge in [-0.25, -0.2) is 8.42 Å². The van der Waals surface area contributed by atoms with Crippen LogP contribution in [-0.4, -0.2) is 57.5 Å². The quantitative estimate of drug-likeness (QED) is 0.249. The van der Waals surface area contributed by atoms with E-state index in [9.17, 15) is 8.42 Å². The van der Waals surface area contributed by atoms with Crippen molar-refractivity contribution in [3.63, 3.8) is 0 Å². The lowest BCUT2D eigenvalue weighted by Crippen LogP contribution is -2.42. The third kappa shape index (κ3) is 7.18. The van der Waals surface area contributed by atoms with Crippen LogP contribution < -0.4 is 5.32 Å². The number of halogens is 1. The van der Waals surface area contributed by atoms with Crippen molar-refractivity contribution in [3.05, 3.63) is 60.7 Å². The molecule has 1 heterocycles. The molecule has 0 radical (unpaired) electrons. The Labute approximate surface area is 195 Å². The van der Waals surface area contributed by atoms with E-state index in [0.717, 1.165) is 31.2 Å². The van der Waals surface area contributed by atoms with Crippen molar-refractivity contribution in [3.8, 4) is 0 Å². The molecule has 29 heavy (non-hydrogen) atoms. The Hall–Kier alpha value is -1.26. The summed E-state index contributed by atoms with van der Waals surface area (Å²) in [6.07, 6.45) is 1.13. The van der Waals surface area contributed by atoms with Gasteiger partial charge in [0.1, 0.15) is 0 Å². The molecule has 1 unspecified atom stereocenters. The summed E-state index contributed by atoms with van der Waals surface area (Å²) in [4.78, 5) is 8.24. The molecule has 3 rings (SSSR count). The van der Waals surface area contributed by atoms with E-state index in [1.54, 1.807) is 31.3 Å². The number of thioether (sulfide) groups is 1. The topological polar surface area (TPSA) is 61.8 Å². The molecule has 1 saturated heterocycles. The molecule has 0 saturated carbocycles. The normalized spacial score (nSPS) is 17.1. The lowest BCUT2D eigenvalue weighted by atomic mass is 10.2. The van der Waals surface area contributed by atoms with Crippen LogP contribution in [-0.2, 0) is 9.84 Å². The van der Waals surface area contributed by atoms with Crippen LogP contribution >= 0.6 is 35.7 Å². The highest BCUT2D eigenvalue weighted by atomic mass is 127. The summed E-state index contributed by atoms with van der Waals surface area (Å²) in [7, 11) is -1.53. The first kappa shape index (κ1) is 24.0. The summed E-state index contributed by atoms with van der Waals surface area (Å²) < 4.78 is 24.8. The van der Waals surface area contributed by atoms with Gasteiger partial charge in [-0.3, -0.25) is 4.99 Å². The lowest BCUT2D eigenvalue weighted by Gasteiger charge is -2.21. The van der Waals surface area contributed by atoms with Crippen molar-refractivity contribution in [2.75, 3.05) is 38.2 Å². The summed E-state index contributed by atoms with van der Waals surface area (Å²) in [6.45, 7) is 2.25. The van der Waals surface area contributed by atoms with E-state index < -0.39 is 9.84 Å². The number of aliphatic imine (C=N–C) groups is 1. The van der Waals surface area contributed by atoms with Gasteiger partial charge in [-0.2, -0.15) is 0 Å². The molecule has 8 heteroatoms. The van der Waals surface area contributed by atoms with Crippen molar-refractivity contribution in [1.29, 1.82) is 0 Å². The molecular formula is C21H28IN3O2S2. The van der Waals surface area contributed by atoms with Crippen molar-refractivity contribution in [2.24, 2.45) is 10.9 Å². The lowest BCUT2D eigenvalue weighted by molar-refractivity contribution is 0.476. The van der Waals surface area contributed by atoms with Crippen LogP contribution in [0.1, 0.15) is 6.42 Å². The van der Waals surface area contributed by atoms with Crippen molar-refractivity contribution in [1.82, 2.24) is 10.2 Å². The standard InChI is InChI=1S/C21H27N3O2S2.HI/c1-22-21(23-13-15-28(25,26)20-10-6-3-7-11-20)24-14-12-18(16-24)17-27-19-8-4-2-5-9-19;/h2-11,18H,12-17H2,1H3,(H,22,23);1H. The van der Waals surface area contributed by atoms with E-state index >= 15 is 0 Å². The highest BCUT2D eigenvalue weighted by molar-refractivity contribution is 14.0. The van der Waals surface area contributed by atoms with Gasteiger partial charge < -0.3 is 10.2 Å². The van der Waals surface area contributed by atoms with Crippen LogP contribution in [0.4, 0.5) is 0 Å². The van der Waals surface area contributed by atoms with Gasteiger partial charge in [-0.05, 0) is 36.6 Å². The number of sulfone groups is 1. The van der Waals surface area contributed by atoms with Crippen LogP contribution in [0.5, 0.6) is 0 Å². The summed E-state index contributed by atoms with van der Waals surface area (Å²) in [6, 6.07) is 19.1. The molecule has 1 aliphatic heterocycles. The van der Waals surface area contributed by atoms with E-state index in [1.165, 1.54) is 4.90 Å². The number of rotatable bonds is 7. The fourth-order valence-corrected chi connectivity index (χ4v) is 5.50. The van der Waals surface area contributed by atoms with Crippen LogP contribution in [0.15, 0.2) is 75.4 Å². The van der Waals surface area contributed by atoms with E-state index in [1.807, 2.05) is 23.9 Å². The molecule has 1 aliphatic rings. The predicted molar refractivity (Wildman–Crippen MR) is 132 cm³/mol. The number of likely N-dealkylation sites (tertiary alicyclic amines) is 1. The first-order valence-corrected chi connectivity index (χ1v) is 12.1. The zero-order valence-corrected chi connectivity index (χ0v) is 20.5. The molecule has 0 aliphatic carbocycles. The van der Waals surface area contributed by atoms with Gasteiger partial charge in [0.05, 0.1) is 10.6 Å². The molecule has 0 bridgehead atoms. The number of benzene rings is 2. The third-order valence-corrected chi connectivity index (χ3v) is 7.76. The van der Waals surface area contributed by atoms with Gasteiger partial charge in [0.25, 0.3) is 0 Å². The first-order chi connectivity index (χ1) is 13.6. The van der Waals surface area contributed by atoms with E-state index in [2.05, 4.69) is 39.5 Å². The molecule has 158 valence electrons. The van der Waals surface area contributed by atoms with Gasteiger partial charge in [-0.1, -0.05) is 36.4 Å². The minimum atomic E-state index is -3.28. The second kappa shape index (κ2) is 11.8. The maximum absolute atomic E-state index is 12.4. The van der Waals surface area contributed by atoms with Crippen LogP contribution in [0, 0.1) is 5.92 Å². The zero-order chi connectivity index (χ0) is 19.8. The molecule has 1 N–H and O–H groups in total. The van der Waals surface area contributed by atoms with Gasteiger partial charge in [0.15, 0.2) is 15.8 Å². The zero-order valence-electron chi connectivity index (χ0n) is 16.5. The molecule has 2 aromatic carbocycles. The molecule has 0 spiro atoms. The van der Waals surface area contributed by atoms with Gasteiger partial charge >= 0.3 is 0 Å². The molecule has 5 nitrogen and oxygen atoms in total. The fourth-order valence-electron chi connectivity index (χ4n) is 3.27. The van der Waals surface area contributed by atoms with Gasteiger partial charge in [-0.15, -0.1) is 35.7 Å². The summed E-state index contributed by atoms with van der Waals surface area (Å²) in [5, 5.41) is 3.22. The van der Waals surface area contributed by atoms with Crippen LogP contribution in [0.2, 0.25) is 0 Å². The number of nitrogens with one attached hydrogen (secondary N) is 1. The Morgan fingerprint density at radius 3 is 2.45 bits per heavy atom. The van der Waals surface area contributed by atoms with Crippen LogP contribution in [0.3, 0.4) is 0 Å². The van der Waals surface area contributed by atoms with Crippen molar-refractivity contribution >= 4 is 51.5 Å². The highest BCUT2D eigenvalue weighted by Gasteiger charge is 2.25. The van der Waals surface area contributed by atoms with Crippen LogP contribution in [0.25, 0.3) is 0 Å². The minimum absolute atomic E-state index is 0. The number of hydrogen-bond donors (Lipinski definition) is 1. The molecule has 0 aromatic heterocycles. The number of hydrogen-bond acceptors (Lipinski definition) is 4. The number of guanidine groups is 1. The SMILES string of the molecule is CN=C(NCCS(=O)(=O)c1ccccc1)N1CCC(CSc2ccccc2)C1.I. The Balaban J connectivity index is 0.00000300. The highest BCUT2D eigenvalue weighted by Crippen LogP contribution is 2.25. The Kier molecular flexibility index (Phi) is 9.78. The maximum atomic E-state index is 12.4. The van der Waals surface area contributed by atoms with E-state index in [0.29, 0.717) is 17.4 Å². The third-order valence-electron chi connectivity index (χ3n) is 4.78. The largest absolute Gasteiger partial charge is 0.355 e.